The van der Waals surface area contributed by atoms with Crippen LogP contribution in [0.4, 0.5) is 10.1 Å². The van der Waals surface area contributed by atoms with Crippen LogP contribution >= 0.6 is 0 Å². The van der Waals surface area contributed by atoms with Gasteiger partial charge in [-0.3, -0.25) is 10.1 Å². The van der Waals surface area contributed by atoms with Gasteiger partial charge >= 0.3 is 0 Å². The van der Waals surface area contributed by atoms with Crippen LogP contribution in [-0.4, -0.2) is 4.92 Å². The third-order valence-electron chi connectivity index (χ3n) is 3.13. The summed E-state index contributed by atoms with van der Waals surface area (Å²) in [5, 5.41) is 10.9. The zero-order valence-electron chi connectivity index (χ0n) is 11.7. The van der Waals surface area contributed by atoms with Gasteiger partial charge in [-0.2, -0.15) is 0 Å². The number of rotatable bonds is 4. The van der Waals surface area contributed by atoms with Crippen molar-refractivity contribution in [2.45, 2.75) is 19.9 Å². The number of hydrogen-bond donors (Lipinski definition) is 1. The predicted octanol–water partition coefficient (Wildman–Crippen LogP) is 3.85. The first-order valence-electron chi connectivity index (χ1n) is 6.37. The Bertz CT molecular complexity index is 687. The molecule has 6 heteroatoms. The summed E-state index contributed by atoms with van der Waals surface area (Å²) in [7, 11) is 0. The van der Waals surface area contributed by atoms with E-state index in [1.165, 1.54) is 30.3 Å². The SMILES string of the molecule is Cc1c(Oc2ccc(F)cc2[C@H](C)N)cccc1[N+](=O)[O-]. The van der Waals surface area contributed by atoms with E-state index >= 15 is 0 Å². The zero-order chi connectivity index (χ0) is 15.6. The summed E-state index contributed by atoms with van der Waals surface area (Å²) in [5.41, 5.74) is 6.67. The summed E-state index contributed by atoms with van der Waals surface area (Å²) in [6, 6.07) is 8.16. The van der Waals surface area contributed by atoms with Gasteiger partial charge in [0.1, 0.15) is 17.3 Å². The van der Waals surface area contributed by atoms with Crippen molar-refractivity contribution in [1.82, 2.24) is 0 Å². The number of nitro benzene ring substituents is 1. The van der Waals surface area contributed by atoms with Crippen LogP contribution in [0.3, 0.4) is 0 Å². The van der Waals surface area contributed by atoms with Gasteiger partial charge in [-0.25, -0.2) is 4.39 Å². The minimum Gasteiger partial charge on any atom is -0.456 e. The summed E-state index contributed by atoms with van der Waals surface area (Å²) in [6.07, 6.45) is 0. The third-order valence-corrected chi connectivity index (χ3v) is 3.13. The van der Waals surface area contributed by atoms with Crippen molar-refractivity contribution in [3.63, 3.8) is 0 Å². The van der Waals surface area contributed by atoms with E-state index in [1.807, 2.05) is 0 Å². The van der Waals surface area contributed by atoms with Crippen LogP contribution in [0.2, 0.25) is 0 Å². The maximum atomic E-state index is 13.3. The molecule has 110 valence electrons. The molecule has 0 heterocycles. The summed E-state index contributed by atoms with van der Waals surface area (Å²) >= 11 is 0. The highest BCUT2D eigenvalue weighted by atomic mass is 19.1. The standard InChI is InChI=1S/C15H15FN2O3/c1-9-13(18(19)20)4-3-5-14(9)21-15-7-6-11(16)8-12(15)10(2)17/h3-8,10H,17H2,1-2H3/t10-/m0/s1. The van der Waals surface area contributed by atoms with Gasteiger partial charge in [-0.1, -0.05) is 6.07 Å². The highest BCUT2D eigenvalue weighted by Gasteiger charge is 2.17. The second kappa shape index (κ2) is 5.88. The maximum absolute atomic E-state index is 13.3. The fourth-order valence-corrected chi connectivity index (χ4v) is 2.00. The smallest absolute Gasteiger partial charge is 0.276 e. The number of halogens is 1. The van der Waals surface area contributed by atoms with Crippen molar-refractivity contribution in [2.24, 2.45) is 5.73 Å². The molecule has 2 aromatic rings. The Balaban J connectivity index is 2.44. The second-order valence-corrected chi connectivity index (χ2v) is 4.73. The molecule has 2 N–H and O–H groups in total. The van der Waals surface area contributed by atoms with Crippen LogP contribution in [0.5, 0.6) is 11.5 Å². The van der Waals surface area contributed by atoms with Crippen LogP contribution in [0.15, 0.2) is 36.4 Å². The van der Waals surface area contributed by atoms with Crippen molar-refractivity contribution >= 4 is 5.69 Å². The lowest BCUT2D eigenvalue weighted by molar-refractivity contribution is -0.385. The van der Waals surface area contributed by atoms with Gasteiger partial charge in [0.2, 0.25) is 0 Å². The average Bonchev–Trinajstić information content (AvgIpc) is 2.42. The molecule has 0 fully saturated rings. The predicted molar refractivity (Wildman–Crippen MR) is 76.9 cm³/mol. The number of nitro groups is 1. The Morgan fingerprint density at radius 2 is 2.00 bits per heavy atom. The number of ether oxygens (including phenoxy) is 1. The van der Waals surface area contributed by atoms with E-state index in [0.717, 1.165) is 0 Å². The van der Waals surface area contributed by atoms with Gasteiger partial charge in [0, 0.05) is 17.7 Å². The first-order valence-corrected chi connectivity index (χ1v) is 6.37. The molecule has 0 aromatic heterocycles. The number of benzene rings is 2. The molecule has 0 aliphatic heterocycles. The molecule has 0 aliphatic carbocycles. The molecule has 21 heavy (non-hydrogen) atoms. The Morgan fingerprint density at radius 1 is 1.29 bits per heavy atom. The fourth-order valence-electron chi connectivity index (χ4n) is 2.00. The van der Waals surface area contributed by atoms with Gasteiger partial charge in [-0.05, 0) is 38.1 Å². The highest BCUT2D eigenvalue weighted by Crippen LogP contribution is 2.34. The molecule has 0 radical (unpaired) electrons. The molecular weight excluding hydrogens is 275 g/mol. The van der Waals surface area contributed by atoms with E-state index in [9.17, 15) is 14.5 Å². The molecule has 0 unspecified atom stereocenters. The van der Waals surface area contributed by atoms with Crippen LogP contribution in [0.1, 0.15) is 24.1 Å². The van der Waals surface area contributed by atoms with Gasteiger partial charge in [0.15, 0.2) is 0 Å². The first-order chi connectivity index (χ1) is 9.90. The lowest BCUT2D eigenvalue weighted by atomic mass is 10.1. The molecule has 5 nitrogen and oxygen atoms in total. The molecule has 0 aliphatic rings. The van der Waals surface area contributed by atoms with Gasteiger partial charge in [-0.15, -0.1) is 0 Å². The largest absolute Gasteiger partial charge is 0.456 e. The van der Waals surface area contributed by atoms with Gasteiger partial charge in [0.05, 0.1) is 10.5 Å². The van der Waals surface area contributed by atoms with Crippen LogP contribution in [-0.2, 0) is 0 Å². The van der Waals surface area contributed by atoms with Crippen molar-refractivity contribution in [1.29, 1.82) is 0 Å². The average molecular weight is 290 g/mol. The molecule has 0 saturated carbocycles. The Morgan fingerprint density at radius 3 is 2.62 bits per heavy atom. The molecular formula is C15H15FN2O3. The lowest BCUT2D eigenvalue weighted by Gasteiger charge is -2.15. The minimum absolute atomic E-state index is 0.0306. The van der Waals surface area contributed by atoms with Gasteiger partial charge in [0.25, 0.3) is 5.69 Å². The molecule has 0 saturated heterocycles. The minimum atomic E-state index is -0.473. The van der Waals surface area contributed by atoms with Crippen molar-refractivity contribution in [3.8, 4) is 11.5 Å². The van der Waals surface area contributed by atoms with Crippen molar-refractivity contribution in [2.75, 3.05) is 0 Å². The Labute approximate surface area is 121 Å². The molecule has 1 atom stereocenters. The zero-order valence-corrected chi connectivity index (χ0v) is 11.7. The van der Waals surface area contributed by atoms with Gasteiger partial charge < -0.3 is 10.5 Å². The molecule has 0 spiro atoms. The Hall–Kier alpha value is -2.47. The van der Waals surface area contributed by atoms with Crippen LogP contribution in [0, 0.1) is 22.9 Å². The van der Waals surface area contributed by atoms with E-state index < -0.39 is 16.8 Å². The normalized spacial score (nSPS) is 12.0. The summed E-state index contributed by atoms with van der Waals surface area (Å²) in [6.45, 7) is 3.31. The maximum Gasteiger partial charge on any atom is 0.276 e. The second-order valence-electron chi connectivity index (χ2n) is 4.73. The van der Waals surface area contributed by atoms with E-state index in [-0.39, 0.29) is 5.69 Å². The van der Waals surface area contributed by atoms with Crippen molar-refractivity contribution in [3.05, 3.63) is 63.5 Å². The van der Waals surface area contributed by atoms with Crippen molar-refractivity contribution < 1.29 is 14.1 Å². The lowest BCUT2D eigenvalue weighted by Crippen LogP contribution is -2.07. The van der Waals surface area contributed by atoms with E-state index in [1.54, 1.807) is 19.9 Å². The van der Waals surface area contributed by atoms with Crippen LogP contribution in [0.25, 0.3) is 0 Å². The summed E-state index contributed by atoms with van der Waals surface area (Å²) in [4.78, 5) is 10.5. The number of hydrogen-bond acceptors (Lipinski definition) is 4. The van der Waals surface area contributed by atoms with E-state index in [4.69, 9.17) is 10.5 Å². The quantitative estimate of drug-likeness (QED) is 0.685. The molecule has 0 amide bonds. The monoisotopic (exact) mass is 290 g/mol. The number of nitrogens with zero attached hydrogens (tertiary/aromatic N) is 1. The van der Waals surface area contributed by atoms with E-state index in [2.05, 4.69) is 0 Å². The highest BCUT2D eigenvalue weighted by molar-refractivity contribution is 5.50. The number of nitrogens with two attached hydrogens (primary N) is 1. The summed E-state index contributed by atoms with van der Waals surface area (Å²) in [5.74, 6) is 0.318. The molecule has 2 aromatic carbocycles. The topological polar surface area (TPSA) is 78.4 Å². The fraction of sp³-hybridized carbons (Fsp3) is 0.200. The van der Waals surface area contributed by atoms with E-state index in [0.29, 0.717) is 22.6 Å². The molecule has 0 bridgehead atoms. The summed E-state index contributed by atoms with van der Waals surface area (Å²) < 4.78 is 19.0. The third kappa shape index (κ3) is 3.17. The van der Waals surface area contributed by atoms with Crippen LogP contribution < -0.4 is 10.5 Å². The molecule has 2 rings (SSSR count). The first kappa shape index (κ1) is 14.9. The Kier molecular flexibility index (Phi) is 4.18.